The molecule has 54 heavy (non-hydrogen) atoms. The molecule has 0 aliphatic rings. The molecular weight excluding hydrogens is 699 g/mol. The molecule has 0 aliphatic carbocycles. The minimum atomic E-state index is 0.467. The largest absolute Gasteiger partial charge is 0.238 e. The molecule has 0 unspecified atom stereocenters. The van der Waals surface area contributed by atoms with Crippen molar-refractivity contribution in [3.05, 3.63) is 169 Å². The lowest BCUT2D eigenvalue weighted by atomic mass is 9.94. The maximum atomic E-state index is 10.2. The van der Waals surface area contributed by atoms with Gasteiger partial charge in [-0.3, -0.25) is 0 Å². The van der Waals surface area contributed by atoms with Gasteiger partial charge in [0.1, 0.15) is 0 Å². The molecule has 0 aliphatic heterocycles. The summed E-state index contributed by atoms with van der Waals surface area (Å²) in [5.41, 5.74) is 7.81. The van der Waals surface area contributed by atoms with Crippen LogP contribution in [0.15, 0.2) is 152 Å². The number of nitriles is 1. The summed E-state index contributed by atoms with van der Waals surface area (Å²) in [5.74, 6) is 1.49. The van der Waals surface area contributed by atoms with Crippen molar-refractivity contribution in [2.75, 3.05) is 0 Å². The molecule has 7 heteroatoms. The summed E-state index contributed by atoms with van der Waals surface area (Å²) in [7, 11) is 0. The van der Waals surface area contributed by atoms with Gasteiger partial charge in [0, 0.05) is 57.0 Å². The summed E-state index contributed by atoms with van der Waals surface area (Å²) in [5, 5.41) is 15.3. The highest BCUT2D eigenvalue weighted by atomic mass is 32.1. The van der Waals surface area contributed by atoms with Crippen molar-refractivity contribution in [2.24, 2.45) is 0 Å². The van der Waals surface area contributed by atoms with Crippen LogP contribution in [0.2, 0.25) is 0 Å². The van der Waals surface area contributed by atoms with Gasteiger partial charge < -0.3 is 0 Å². The van der Waals surface area contributed by atoms with Gasteiger partial charge in [0.2, 0.25) is 0 Å². The van der Waals surface area contributed by atoms with Crippen LogP contribution in [0.5, 0.6) is 0 Å². The van der Waals surface area contributed by atoms with Crippen molar-refractivity contribution in [1.29, 1.82) is 5.26 Å². The quantitative estimate of drug-likeness (QED) is 0.166. The van der Waals surface area contributed by atoms with Crippen LogP contribution in [0.4, 0.5) is 5.69 Å². The monoisotopic (exact) mass is 723 g/mol. The van der Waals surface area contributed by atoms with Crippen molar-refractivity contribution < 1.29 is 0 Å². The average Bonchev–Trinajstić information content (AvgIpc) is 3.82. The molecule has 0 bridgehead atoms. The predicted octanol–water partition coefficient (Wildman–Crippen LogP) is 13.4. The van der Waals surface area contributed by atoms with Crippen molar-refractivity contribution in [2.45, 2.75) is 0 Å². The zero-order valence-corrected chi connectivity index (χ0v) is 30.1. The van der Waals surface area contributed by atoms with E-state index in [0.717, 1.165) is 27.8 Å². The summed E-state index contributed by atoms with van der Waals surface area (Å²) in [6.07, 6.45) is 0. The highest BCUT2D eigenvalue weighted by molar-refractivity contribution is 7.26. The van der Waals surface area contributed by atoms with Gasteiger partial charge in [0.15, 0.2) is 23.2 Å². The second-order valence-corrected chi connectivity index (χ2v) is 15.2. The Morgan fingerprint density at radius 2 is 1.02 bits per heavy atom. The molecule has 7 aromatic carbocycles. The molecule has 250 valence electrons. The molecule has 0 saturated carbocycles. The maximum absolute atomic E-state index is 10.2. The molecule has 3 aromatic heterocycles. The fraction of sp³-hybridized carbons (Fsp3) is 0. The summed E-state index contributed by atoms with van der Waals surface area (Å²) in [6.45, 7) is 7.36. The first kappa shape index (κ1) is 31.7. The van der Waals surface area contributed by atoms with E-state index in [9.17, 15) is 5.26 Å². The van der Waals surface area contributed by atoms with E-state index in [2.05, 4.69) is 95.8 Å². The van der Waals surface area contributed by atoms with E-state index in [1.807, 2.05) is 65.9 Å². The zero-order valence-electron chi connectivity index (χ0n) is 28.5. The van der Waals surface area contributed by atoms with E-state index in [1.165, 1.54) is 51.5 Å². The van der Waals surface area contributed by atoms with Gasteiger partial charge in [-0.25, -0.2) is 19.8 Å². The van der Waals surface area contributed by atoms with Crippen LogP contribution in [-0.2, 0) is 0 Å². The van der Waals surface area contributed by atoms with Crippen LogP contribution in [0.1, 0.15) is 5.56 Å². The van der Waals surface area contributed by atoms with Gasteiger partial charge in [-0.2, -0.15) is 5.26 Å². The smallest absolute Gasteiger partial charge is 0.187 e. The van der Waals surface area contributed by atoms with Gasteiger partial charge in [0.05, 0.1) is 18.2 Å². The van der Waals surface area contributed by atoms with Crippen molar-refractivity contribution >= 4 is 68.7 Å². The molecular formula is C47H25N5S2. The molecule has 10 rings (SSSR count). The van der Waals surface area contributed by atoms with Gasteiger partial charge in [-0.15, -0.1) is 22.7 Å². The Morgan fingerprint density at radius 1 is 0.463 bits per heavy atom. The fourth-order valence-electron chi connectivity index (χ4n) is 7.25. The topological polar surface area (TPSA) is 66.8 Å². The Bertz CT molecular complexity index is 3180. The number of benzene rings is 7. The third-order valence-electron chi connectivity index (χ3n) is 9.77. The normalized spacial score (nSPS) is 11.3. The molecule has 5 nitrogen and oxygen atoms in total. The maximum Gasteiger partial charge on any atom is 0.187 e. The zero-order chi connectivity index (χ0) is 36.2. The molecule has 0 spiro atoms. The van der Waals surface area contributed by atoms with Gasteiger partial charge in [0.25, 0.3) is 0 Å². The third kappa shape index (κ3) is 5.39. The lowest BCUT2D eigenvalue weighted by Crippen LogP contribution is -2.00. The number of nitrogens with zero attached hydrogens (tertiary/aromatic N) is 5. The Balaban J connectivity index is 1.11. The van der Waals surface area contributed by atoms with E-state index in [1.54, 1.807) is 23.5 Å². The first-order valence-electron chi connectivity index (χ1n) is 17.3. The summed E-state index contributed by atoms with van der Waals surface area (Å²) in [4.78, 5) is 18.2. The Hall–Kier alpha value is -7.03. The van der Waals surface area contributed by atoms with Crippen LogP contribution in [-0.4, -0.2) is 15.0 Å². The van der Waals surface area contributed by atoms with Gasteiger partial charge >= 0.3 is 0 Å². The molecule has 0 N–H and O–H groups in total. The van der Waals surface area contributed by atoms with Crippen molar-refractivity contribution in [3.63, 3.8) is 0 Å². The highest BCUT2D eigenvalue weighted by Crippen LogP contribution is 2.46. The minimum Gasteiger partial charge on any atom is -0.238 e. The highest BCUT2D eigenvalue weighted by Gasteiger charge is 2.18. The molecule has 0 saturated heterocycles. The lowest BCUT2D eigenvalue weighted by Gasteiger charge is -2.11. The van der Waals surface area contributed by atoms with Crippen molar-refractivity contribution in [3.8, 4) is 62.5 Å². The van der Waals surface area contributed by atoms with Gasteiger partial charge in [-0.1, -0.05) is 109 Å². The third-order valence-corrected chi connectivity index (χ3v) is 12.0. The number of hydrogen-bond donors (Lipinski definition) is 0. The first-order valence-corrected chi connectivity index (χ1v) is 19.0. The van der Waals surface area contributed by atoms with Crippen LogP contribution in [0.25, 0.3) is 102 Å². The van der Waals surface area contributed by atoms with Crippen LogP contribution >= 0.6 is 22.7 Å². The molecule has 0 fully saturated rings. The Labute approximate surface area is 318 Å². The van der Waals surface area contributed by atoms with Gasteiger partial charge in [-0.05, 0) is 64.7 Å². The molecule has 10 aromatic rings. The SMILES string of the molecule is [C-]#[N+]c1ccc(-c2nc(-c3ccccc3)nc(-c3cc(C#N)cc(-c4ccc5c(c4)sc4cccc(-c6cccc7sc8ccccc8c67)c45)c3)n2)cc1. The van der Waals surface area contributed by atoms with E-state index in [0.29, 0.717) is 28.7 Å². The van der Waals surface area contributed by atoms with E-state index in [-0.39, 0.29) is 0 Å². The first-order chi connectivity index (χ1) is 26.6. The number of thiophene rings is 2. The summed E-state index contributed by atoms with van der Waals surface area (Å²) < 4.78 is 5.00. The van der Waals surface area contributed by atoms with Crippen LogP contribution in [0.3, 0.4) is 0 Å². The lowest BCUT2D eigenvalue weighted by molar-refractivity contribution is 1.07. The fourth-order valence-corrected chi connectivity index (χ4v) is 9.56. The number of fused-ring (bicyclic) bond motifs is 6. The van der Waals surface area contributed by atoms with Crippen LogP contribution in [0, 0.1) is 17.9 Å². The summed E-state index contributed by atoms with van der Waals surface area (Å²) in [6, 6.07) is 53.8. The predicted molar refractivity (Wildman–Crippen MR) is 224 cm³/mol. The molecule has 0 radical (unpaired) electrons. The van der Waals surface area contributed by atoms with E-state index < -0.39 is 0 Å². The number of aromatic nitrogens is 3. The number of rotatable bonds is 5. The van der Waals surface area contributed by atoms with E-state index in [4.69, 9.17) is 21.5 Å². The Morgan fingerprint density at radius 3 is 1.70 bits per heavy atom. The second kappa shape index (κ2) is 12.9. The molecule has 0 atom stereocenters. The molecule has 0 amide bonds. The second-order valence-electron chi connectivity index (χ2n) is 13.0. The standard InChI is InChI=1S/C47H25N5S2/c1-49-34-20-17-30(18-21-34)46-50-45(29-9-3-2-4-10-29)51-47(52-46)33-24-28(27-48)23-32(25-33)31-19-22-38-42(26-31)54-41-16-8-13-36(44(38)41)35-12-7-15-40-43(35)37-11-5-6-14-39(37)53-40/h2-26H. The van der Waals surface area contributed by atoms with E-state index >= 15 is 0 Å². The van der Waals surface area contributed by atoms with Crippen LogP contribution < -0.4 is 0 Å². The average molecular weight is 724 g/mol. The summed E-state index contributed by atoms with van der Waals surface area (Å²) >= 11 is 3.63. The molecule has 3 heterocycles. The van der Waals surface area contributed by atoms with Crippen molar-refractivity contribution in [1.82, 2.24) is 15.0 Å². The number of hydrogen-bond acceptors (Lipinski definition) is 6. The minimum absolute atomic E-state index is 0.467. The Kier molecular flexibility index (Phi) is 7.56.